The molecule has 0 atom stereocenters. The first-order valence-electron chi connectivity index (χ1n) is 7.01. The average Bonchev–Trinajstić information content (AvgIpc) is 2.52. The van der Waals surface area contributed by atoms with E-state index in [9.17, 15) is 9.59 Å². The number of aryl methyl sites for hydroxylation is 2. The summed E-state index contributed by atoms with van der Waals surface area (Å²) in [5, 5.41) is 11.4. The van der Waals surface area contributed by atoms with Crippen molar-refractivity contribution in [2.75, 3.05) is 11.9 Å². The molecule has 2 rings (SSSR count). The van der Waals surface area contributed by atoms with Crippen molar-refractivity contribution >= 4 is 29.2 Å². The highest BCUT2D eigenvalue weighted by atomic mass is 35.5. The van der Waals surface area contributed by atoms with Crippen molar-refractivity contribution in [1.82, 2.24) is 4.98 Å². The third kappa shape index (κ3) is 4.31. The molecule has 7 heteroatoms. The molecule has 0 unspecified atom stereocenters. The van der Waals surface area contributed by atoms with Gasteiger partial charge in [0.1, 0.15) is 5.15 Å². The third-order valence-electron chi connectivity index (χ3n) is 3.11. The van der Waals surface area contributed by atoms with Gasteiger partial charge >= 0.3 is 5.97 Å². The second kappa shape index (κ2) is 7.57. The summed E-state index contributed by atoms with van der Waals surface area (Å²) in [6.07, 6.45) is 0. The number of carbonyl (C=O) groups is 2. The van der Waals surface area contributed by atoms with Crippen LogP contribution >= 0.6 is 11.6 Å². The molecule has 24 heavy (non-hydrogen) atoms. The van der Waals surface area contributed by atoms with E-state index in [1.54, 1.807) is 38.1 Å². The number of ether oxygens (including phenoxy) is 1. The standard InChI is InChI=1S/C17H14ClN3O3/c1-10-6-11(2)20-16(18)15(10)17(23)24-9-14(22)21-13-5-3-4-12(7-13)8-19/h3-7H,9H2,1-2H3,(H,21,22). The molecule has 0 bridgehead atoms. The van der Waals surface area contributed by atoms with Crippen LogP contribution in [0, 0.1) is 25.2 Å². The van der Waals surface area contributed by atoms with Gasteiger partial charge in [-0.2, -0.15) is 5.26 Å². The van der Waals surface area contributed by atoms with Crippen LogP contribution in [0.1, 0.15) is 27.2 Å². The Kier molecular flexibility index (Phi) is 5.51. The summed E-state index contributed by atoms with van der Waals surface area (Å²) in [4.78, 5) is 27.9. The summed E-state index contributed by atoms with van der Waals surface area (Å²) in [7, 11) is 0. The smallest absolute Gasteiger partial charge is 0.342 e. The molecular weight excluding hydrogens is 330 g/mol. The predicted octanol–water partition coefficient (Wildman–Crippen LogP) is 3.02. The Morgan fingerprint density at radius 2 is 2.08 bits per heavy atom. The Bertz CT molecular complexity index is 820. The minimum absolute atomic E-state index is 0.0413. The number of pyridine rings is 1. The Labute approximate surface area is 144 Å². The molecular formula is C17H14ClN3O3. The van der Waals surface area contributed by atoms with E-state index in [4.69, 9.17) is 21.6 Å². The number of nitrogens with one attached hydrogen (secondary N) is 1. The minimum atomic E-state index is -0.717. The number of amides is 1. The van der Waals surface area contributed by atoms with Crippen molar-refractivity contribution in [3.8, 4) is 6.07 Å². The molecule has 0 saturated carbocycles. The molecule has 2 aromatic rings. The molecule has 1 aromatic heterocycles. The fraction of sp³-hybridized carbons (Fsp3) is 0.176. The topological polar surface area (TPSA) is 92.1 Å². The maximum atomic E-state index is 12.1. The van der Waals surface area contributed by atoms with Gasteiger partial charge in [-0.15, -0.1) is 0 Å². The molecule has 1 N–H and O–H groups in total. The number of esters is 1. The zero-order valence-corrected chi connectivity index (χ0v) is 13.8. The molecule has 122 valence electrons. The SMILES string of the molecule is Cc1cc(C)c(C(=O)OCC(=O)Nc2cccc(C#N)c2)c(Cl)n1. The maximum absolute atomic E-state index is 12.1. The summed E-state index contributed by atoms with van der Waals surface area (Å²) in [5.41, 5.74) is 2.31. The van der Waals surface area contributed by atoms with Crippen LogP contribution in [0.15, 0.2) is 30.3 Å². The number of aromatic nitrogens is 1. The largest absolute Gasteiger partial charge is 0.452 e. The van der Waals surface area contributed by atoms with Crippen LogP contribution in [0.3, 0.4) is 0 Å². The summed E-state index contributed by atoms with van der Waals surface area (Å²) < 4.78 is 4.98. The second-order valence-electron chi connectivity index (χ2n) is 5.06. The molecule has 0 saturated heterocycles. The molecule has 0 aliphatic heterocycles. The molecule has 6 nitrogen and oxygen atoms in total. The summed E-state index contributed by atoms with van der Waals surface area (Å²) in [6.45, 7) is 3.00. The van der Waals surface area contributed by atoms with E-state index in [-0.39, 0.29) is 10.7 Å². The average molecular weight is 344 g/mol. The highest BCUT2D eigenvalue weighted by Gasteiger charge is 2.18. The number of hydrogen-bond acceptors (Lipinski definition) is 5. The van der Waals surface area contributed by atoms with E-state index in [2.05, 4.69) is 10.3 Å². The molecule has 0 fully saturated rings. The van der Waals surface area contributed by atoms with Gasteiger partial charge in [0.15, 0.2) is 6.61 Å². The Morgan fingerprint density at radius 1 is 1.33 bits per heavy atom. The highest BCUT2D eigenvalue weighted by molar-refractivity contribution is 6.32. The molecule has 0 spiro atoms. The lowest BCUT2D eigenvalue weighted by molar-refractivity contribution is -0.119. The first-order valence-corrected chi connectivity index (χ1v) is 7.39. The van der Waals surface area contributed by atoms with E-state index < -0.39 is 18.5 Å². The van der Waals surface area contributed by atoms with E-state index in [1.807, 2.05) is 6.07 Å². The molecule has 1 heterocycles. The highest BCUT2D eigenvalue weighted by Crippen LogP contribution is 2.19. The zero-order chi connectivity index (χ0) is 17.7. The van der Waals surface area contributed by atoms with Crippen molar-refractivity contribution < 1.29 is 14.3 Å². The van der Waals surface area contributed by atoms with Gasteiger partial charge in [-0.05, 0) is 43.7 Å². The summed E-state index contributed by atoms with van der Waals surface area (Å²) in [5.74, 6) is -1.24. The lowest BCUT2D eigenvalue weighted by atomic mass is 10.1. The van der Waals surface area contributed by atoms with E-state index in [0.717, 1.165) is 0 Å². The van der Waals surface area contributed by atoms with Crippen molar-refractivity contribution in [3.63, 3.8) is 0 Å². The zero-order valence-electron chi connectivity index (χ0n) is 13.1. The number of nitriles is 1. The van der Waals surface area contributed by atoms with Crippen LogP contribution in [0.25, 0.3) is 0 Å². The monoisotopic (exact) mass is 343 g/mol. The number of carbonyl (C=O) groups excluding carboxylic acids is 2. The first kappa shape index (κ1) is 17.4. The third-order valence-corrected chi connectivity index (χ3v) is 3.39. The van der Waals surface area contributed by atoms with Crippen molar-refractivity contribution in [2.24, 2.45) is 0 Å². The van der Waals surface area contributed by atoms with Gasteiger partial charge in [0, 0.05) is 11.4 Å². The lowest BCUT2D eigenvalue weighted by Crippen LogP contribution is -2.21. The predicted molar refractivity (Wildman–Crippen MR) is 88.8 cm³/mol. The molecule has 1 aromatic carbocycles. The number of nitrogens with zero attached hydrogens (tertiary/aromatic N) is 2. The maximum Gasteiger partial charge on any atom is 0.342 e. The second-order valence-corrected chi connectivity index (χ2v) is 5.42. The van der Waals surface area contributed by atoms with Crippen LogP contribution in [0.4, 0.5) is 5.69 Å². The lowest BCUT2D eigenvalue weighted by Gasteiger charge is -2.10. The van der Waals surface area contributed by atoms with E-state index >= 15 is 0 Å². The van der Waals surface area contributed by atoms with E-state index in [1.165, 1.54) is 6.07 Å². The quantitative estimate of drug-likeness (QED) is 0.680. The van der Waals surface area contributed by atoms with Crippen molar-refractivity contribution in [3.05, 3.63) is 57.9 Å². The van der Waals surface area contributed by atoms with Gasteiger partial charge in [-0.3, -0.25) is 4.79 Å². The normalized spacial score (nSPS) is 9.92. The Balaban J connectivity index is 1.99. The number of anilines is 1. The molecule has 0 aliphatic carbocycles. The number of hydrogen-bond donors (Lipinski definition) is 1. The molecule has 1 amide bonds. The number of benzene rings is 1. The Hall–Kier alpha value is -2.91. The minimum Gasteiger partial charge on any atom is -0.452 e. The van der Waals surface area contributed by atoms with Gasteiger partial charge in [0.2, 0.25) is 0 Å². The van der Waals surface area contributed by atoms with Gasteiger partial charge in [0.05, 0.1) is 17.2 Å². The van der Waals surface area contributed by atoms with Crippen LogP contribution in [-0.2, 0) is 9.53 Å². The summed E-state index contributed by atoms with van der Waals surface area (Å²) >= 11 is 5.97. The fourth-order valence-corrected chi connectivity index (χ4v) is 2.46. The van der Waals surface area contributed by atoms with Crippen molar-refractivity contribution in [2.45, 2.75) is 13.8 Å². The first-order chi connectivity index (χ1) is 11.4. The Morgan fingerprint density at radius 3 is 2.75 bits per heavy atom. The van der Waals surface area contributed by atoms with Gasteiger partial charge in [-0.1, -0.05) is 17.7 Å². The van der Waals surface area contributed by atoms with Crippen LogP contribution in [0.2, 0.25) is 5.15 Å². The molecule has 0 aliphatic rings. The summed E-state index contributed by atoms with van der Waals surface area (Å²) in [6, 6.07) is 10.1. The van der Waals surface area contributed by atoms with E-state index in [0.29, 0.717) is 22.5 Å². The van der Waals surface area contributed by atoms with Gasteiger partial charge in [-0.25, -0.2) is 9.78 Å². The van der Waals surface area contributed by atoms with Crippen LogP contribution in [-0.4, -0.2) is 23.5 Å². The van der Waals surface area contributed by atoms with Crippen molar-refractivity contribution in [1.29, 1.82) is 5.26 Å². The van der Waals surface area contributed by atoms with Gasteiger partial charge < -0.3 is 10.1 Å². The molecule has 0 radical (unpaired) electrons. The fourth-order valence-electron chi connectivity index (χ4n) is 2.10. The van der Waals surface area contributed by atoms with Crippen LogP contribution in [0.5, 0.6) is 0 Å². The van der Waals surface area contributed by atoms with Gasteiger partial charge in [0.25, 0.3) is 5.91 Å². The van der Waals surface area contributed by atoms with Crippen LogP contribution < -0.4 is 5.32 Å². The number of rotatable bonds is 4. The number of halogens is 1.